The van der Waals surface area contributed by atoms with Gasteiger partial charge in [0.05, 0.1) is 5.52 Å². The maximum absolute atomic E-state index is 4.28. The minimum absolute atomic E-state index is 0.588. The number of hydrogen-bond donors (Lipinski definition) is 0. The lowest BCUT2D eigenvalue weighted by atomic mass is 10.0. The van der Waals surface area contributed by atoms with Gasteiger partial charge in [-0.1, -0.05) is 39.8 Å². The second-order valence-corrected chi connectivity index (χ2v) is 3.61. The number of hydrogen-bond acceptors (Lipinski definition) is 1. The summed E-state index contributed by atoms with van der Waals surface area (Å²) in [6.45, 7) is 8.41. The van der Waals surface area contributed by atoms with Crippen LogP contribution in [0.2, 0.25) is 0 Å². The zero-order valence-corrected chi connectivity index (χ0v) is 9.99. The fraction of sp³-hybridized carbons (Fsp3) is 0.357. The molecule has 2 rings (SSSR count). The molecule has 1 nitrogen and oxygen atoms in total. The van der Waals surface area contributed by atoms with E-state index in [0.717, 1.165) is 5.52 Å². The highest BCUT2D eigenvalue weighted by molar-refractivity contribution is 5.79. The zero-order valence-electron chi connectivity index (χ0n) is 9.99. The summed E-state index contributed by atoms with van der Waals surface area (Å²) in [4.78, 5) is 4.28. The van der Waals surface area contributed by atoms with Crippen LogP contribution in [0, 0.1) is 0 Å². The number of benzene rings is 1. The Bertz CT molecular complexity index is 418. The molecule has 1 heteroatoms. The summed E-state index contributed by atoms with van der Waals surface area (Å²) in [5.41, 5.74) is 2.45. The third kappa shape index (κ3) is 2.79. The van der Waals surface area contributed by atoms with Crippen LogP contribution in [0.4, 0.5) is 0 Å². The molecule has 15 heavy (non-hydrogen) atoms. The molecule has 0 saturated carbocycles. The molecular formula is C14H19N. The molecule has 1 heterocycles. The van der Waals surface area contributed by atoms with Crippen LogP contribution in [0.1, 0.15) is 39.2 Å². The molecule has 0 radical (unpaired) electrons. The third-order valence-corrected chi connectivity index (χ3v) is 2.29. The van der Waals surface area contributed by atoms with Crippen molar-refractivity contribution in [1.82, 2.24) is 4.98 Å². The van der Waals surface area contributed by atoms with Crippen molar-refractivity contribution in [2.75, 3.05) is 0 Å². The average molecular weight is 201 g/mol. The lowest BCUT2D eigenvalue weighted by molar-refractivity contribution is 0.868. The molecule has 0 N–H and O–H groups in total. The second kappa shape index (κ2) is 5.50. The van der Waals surface area contributed by atoms with Gasteiger partial charge in [-0.15, -0.1) is 0 Å². The van der Waals surface area contributed by atoms with E-state index in [1.54, 1.807) is 0 Å². The predicted molar refractivity (Wildman–Crippen MR) is 67.2 cm³/mol. The highest BCUT2D eigenvalue weighted by atomic mass is 14.6. The van der Waals surface area contributed by atoms with Crippen molar-refractivity contribution in [2.24, 2.45) is 0 Å². The number of aromatic nitrogens is 1. The highest BCUT2D eigenvalue weighted by Crippen LogP contribution is 2.19. The van der Waals surface area contributed by atoms with Crippen LogP contribution < -0.4 is 0 Å². The van der Waals surface area contributed by atoms with Gasteiger partial charge in [-0.25, -0.2) is 0 Å². The minimum Gasteiger partial charge on any atom is -0.256 e. The van der Waals surface area contributed by atoms with Crippen molar-refractivity contribution in [1.29, 1.82) is 0 Å². The van der Waals surface area contributed by atoms with Crippen LogP contribution in [0.25, 0.3) is 10.9 Å². The minimum atomic E-state index is 0.588. The van der Waals surface area contributed by atoms with Crippen molar-refractivity contribution in [2.45, 2.75) is 33.6 Å². The van der Waals surface area contributed by atoms with Gasteiger partial charge < -0.3 is 0 Å². The Balaban J connectivity index is 0.000000531. The van der Waals surface area contributed by atoms with Gasteiger partial charge >= 0.3 is 0 Å². The van der Waals surface area contributed by atoms with E-state index in [2.05, 4.69) is 43.1 Å². The molecular weight excluding hydrogens is 182 g/mol. The van der Waals surface area contributed by atoms with Crippen molar-refractivity contribution in [3.8, 4) is 0 Å². The van der Waals surface area contributed by atoms with E-state index in [9.17, 15) is 0 Å². The molecule has 0 bridgehead atoms. The Hall–Kier alpha value is -1.37. The molecule has 80 valence electrons. The zero-order chi connectivity index (χ0) is 11.3. The van der Waals surface area contributed by atoms with Crippen molar-refractivity contribution < 1.29 is 0 Å². The van der Waals surface area contributed by atoms with E-state index in [4.69, 9.17) is 0 Å². The normalized spacial score (nSPS) is 9.93. The topological polar surface area (TPSA) is 12.9 Å². The van der Waals surface area contributed by atoms with Gasteiger partial charge in [0, 0.05) is 11.6 Å². The Morgan fingerprint density at radius 2 is 1.80 bits per heavy atom. The maximum Gasteiger partial charge on any atom is 0.0702 e. The highest BCUT2D eigenvalue weighted by Gasteiger charge is 1.99. The molecule has 1 aromatic carbocycles. The first-order valence-corrected chi connectivity index (χ1v) is 5.62. The first-order chi connectivity index (χ1) is 7.27. The predicted octanol–water partition coefficient (Wildman–Crippen LogP) is 4.38. The Kier molecular flexibility index (Phi) is 4.29. The number of fused-ring (bicyclic) bond motifs is 1. The molecule has 2 aromatic rings. The summed E-state index contributed by atoms with van der Waals surface area (Å²) in [7, 11) is 0. The van der Waals surface area contributed by atoms with Crippen molar-refractivity contribution in [3.05, 3.63) is 42.1 Å². The number of rotatable bonds is 1. The molecule has 0 aliphatic carbocycles. The Labute approximate surface area is 92.2 Å². The van der Waals surface area contributed by atoms with Crippen molar-refractivity contribution >= 4 is 10.9 Å². The Morgan fingerprint density at radius 1 is 1.07 bits per heavy atom. The molecule has 1 aromatic heterocycles. The van der Waals surface area contributed by atoms with Gasteiger partial charge in [-0.3, -0.25) is 4.98 Å². The summed E-state index contributed by atoms with van der Waals surface area (Å²) in [6, 6.07) is 10.5. The van der Waals surface area contributed by atoms with Gasteiger partial charge in [0.15, 0.2) is 0 Å². The quantitative estimate of drug-likeness (QED) is 0.667. The molecule has 0 aliphatic rings. The van der Waals surface area contributed by atoms with Crippen LogP contribution in [0.5, 0.6) is 0 Å². The largest absolute Gasteiger partial charge is 0.256 e. The smallest absolute Gasteiger partial charge is 0.0702 e. The monoisotopic (exact) mass is 201 g/mol. The molecule has 0 amide bonds. The van der Waals surface area contributed by atoms with Crippen LogP contribution in [0.3, 0.4) is 0 Å². The summed E-state index contributed by atoms with van der Waals surface area (Å²) in [6.07, 6.45) is 1.83. The SMILES string of the molecule is CC.CC(C)c1ccc2ncccc2c1. The standard InChI is InChI=1S/C12H13N.C2H6/c1-9(2)10-5-6-12-11(8-10)4-3-7-13-12;1-2/h3-9H,1-2H3;1-2H3. The van der Waals surface area contributed by atoms with Crippen LogP contribution in [0.15, 0.2) is 36.5 Å². The average Bonchev–Trinajstić information content (AvgIpc) is 2.31. The van der Waals surface area contributed by atoms with Gasteiger partial charge in [-0.05, 0) is 29.7 Å². The van der Waals surface area contributed by atoms with Crippen molar-refractivity contribution in [3.63, 3.8) is 0 Å². The fourth-order valence-corrected chi connectivity index (χ4v) is 1.45. The molecule has 0 fully saturated rings. The van der Waals surface area contributed by atoms with E-state index in [0.29, 0.717) is 5.92 Å². The second-order valence-electron chi connectivity index (χ2n) is 3.61. The summed E-state index contributed by atoms with van der Waals surface area (Å²) in [5, 5.41) is 1.23. The fourth-order valence-electron chi connectivity index (χ4n) is 1.45. The van der Waals surface area contributed by atoms with Gasteiger partial charge in [0.1, 0.15) is 0 Å². The maximum atomic E-state index is 4.28. The first-order valence-electron chi connectivity index (χ1n) is 5.62. The summed E-state index contributed by atoms with van der Waals surface area (Å²) < 4.78 is 0. The van der Waals surface area contributed by atoms with E-state index in [-0.39, 0.29) is 0 Å². The molecule has 0 saturated heterocycles. The molecule has 0 aliphatic heterocycles. The molecule has 0 unspecified atom stereocenters. The van der Waals surface area contributed by atoms with E-state index < -0.39 is 0 Å². The lowest BCUT2D eigenvalue weighted by Crippen LogP contribution is -1.87. The van der Waals surface area contributed by atoms with Gasteiger partial charge in [0.25, 0.3) is 0 Å². The molecule has 0 spiro atoms. The molecule has 0 atom stereocenters. The Morgan fingerprint density at radius 3 is 2.47 bits per heavy atom. The van der Waals surface area contributed by atoms with Gasteiger partial charge in [0.2, 0.25) is 0 Å². The van der Waals surface area contributed by atoms with E-state index in [1.165, 1.54) is 10.9 Å². The first kappa shape index (κ1) is 11.7. The lowest BCUT2D eigenvalue weighted by Gasteiger charge is -2.05. The van der Waals surface area contributed by atoms with Crippen LogP contribution >= 0.6 is 0 Å². The summed E-state index contributed by atoms with van der Waals surface area (Å²) in [5.74, 6) is 0.588. The van der Waals surface area contributed by atoms with Crippen LogP contribution in [-0.4, -0.2) is 4.98 Å². The third-order valence-electron chi connectivity index (χ3n) is 2.29. The van der Waals surface area contributed by atoms with E-state index in [1.807, 2.05) is 26.1 Å². The van der Waals surface area contributed by atoms with E-state index >= 15 is 0 Å². The summed E-state index contributed by atoms with van der Waals surface area (Å²) >= 11 is 0. The van der Waals surface area contributed by atoms with Gasteiger partial charge in [-0.2, -0.15) is 0 Å². The van der Waals surface area contributed by atoms with Crippen LogP contribution in [-0.2, 0) is 0 Å². The number of pyridine rings is 1. The number of nitrogens with zero attached hydrogens (tertiary/aromatic N) is 1.